The zero-order chi connectivity index (χ0) is 19.9. The zero-order valence-corrected chi connectivity index (χ0v) is 14.2. The summed E-state index contributed by atoms with van der Waals surface area (Å²) in [4.78, 5) is 37.5. The van der Waals surface area contributed by atoms with E-state index in [-0.39, 0.29) is 11.2 Å². The third kappa shape index (κ3) is 3.21. The van der Waals surface area contributed by atoms with Crippen LogP contribution < -0.4 is 20.9 Å². The molecular formula is C15H16FN5O6. The maximum atomic E-state index is 14.8. The lowest BCUT2D eigenvalue weighted by atomic mass is 10.1. The summed E-state index contributed by atoms with van der Waals surface area (Å²) in [6.07, 6.45) is -0.951. The van der Waals surface area contributed by atoms with Gasteiger partial charge >= 0.3 is 11.8 Å². The summed E-state index contributed by atoms with van der Waals surface area (Å²) in [6.45, 7) is 1.87. The molecule has 11 nitrogen and oxygen atoms in total. The number of anilines is 1. The van der Waals surface area contributed by atoms with Crippen molar-refractivity contribution in [2.45, 2.75) is 0 Å². The summed E-state index contributed by atoms with van der Waals surface area (Å²) in [5, 5.41) is 20.0. The fourth-order valence-electron chi connectivity index (χ4n) is 3.10. The molecule has 0 bridgehead atoms. The zero-order valence-electron chi connectivity index (χ0n) is 14.2. The van der Waals surface area contributed by atoms with Gasteiger partial charge in [0.05, 0.1) is 16.5 Å². The second-order valence-electron chi connectivity index (χ2n) is 6.10. The Bertz CT molecular complexity index is 999. The average Bonchev–Trinajstić information content (AvgIpc) is 2.58. The number of carbonyl (C=O) groups is 1. The number of hydrogen-bond donors (Lipinski definition) is 2. The highest BCUT2D eigenvalue weighted by Gasteiger charge is 2.32. The average molecular weight is 381 g/mol. The largest absolute Gasteiger partial charge is 0.511 e. The smallest absolute Gasteiger partial charge is 0.449 e. The van der Waals surface area contributed by atoms with Crippen molar-refractivity contribution in [2.75, 3.05) is 44.0 Å². The second-order valence-corrected chi connectivity index (χ2v) is 6.10. The molecule has 1 aromatic carbocycles. The highest BCUT2D eigenvalue weighted by molar-refractivity contribution is 5.95. The van der Waals surface area contributed by atoms with Gasteiger partial charge in [0.1, 0.15) is 0 Å². The highest BCUT2D eigenvalue weighted by atomic mass is 19.1. The first kappa shape index (κ1) is 18.4. The van der Waals surface area contributed by atoms with E-state index in [0.29, 0.717) is 30.9 Å². The minimum atomic E-state index is -1.77. The second kappa shape index (κ2) is 6.72. The van der Waals surface area contributed by atoms with E-state index in [2.05, 4.69) is 4.74 Å². The van der Waals surface area contributed by atoms with Crippen LogP contribution in [0, 0.1) is 15.9 Å². The van der Waals surface area contributed by atoms with Gasteiger partial charge in [0.25, 0.3) is 0 Å². The van der Waals surface area contributed by atoms with Crippen LogP contribution in [0.3, 0.4) is 0 Å². The molecular weight excluding hydrogens is 365 g/mol. The maximum Gasteiger partial charge on any atom is 0.511 e. The van der Waals surface area contributed by atoms with Crippen molar-refractivity contribution in [3.05, 3.63) is 38.4 Å². The van der Waals surface area contributed by atoms with E-state index in [0.717, 1.165) is 12.3 Å². The number of likely N-dealkylation sites (N-methyl/N-ethyl adjacent to an activating group) is 1. The molecule has 1 aliphatic heterocycles. The Morgan fingerprint density at radius 1 is 1.37 bits per heavy atom. The van der Waals surface area contributed by atoms with Crippen LogP contribution in [0.25, 0.3) is 10.9 Å². The van der Waals surface area contributed by atoms with E-state index in [9.17, 15) is 24.1 Å². The third-order valence-corrected chi connectivity index (χ3v) is 4.38. The lowest BCUT2D eigenvalue weighted by Crippen LogP contribution is -2.45. The molecule has 0 aliphatic carbocycles. The van der Waals surface area contributed by atoms with Gasteiger partial charge in [-0.25, -0.2) is 9.18 Å². The number of fused-ring (bicyclic) bond motifs is 1. The van der Waals surface area contributed by atoms with Gasteiger partial charge in [-0.05, 0) is 13.1 Å². The van der Waals surface area contributed by atoms with Crippen LogP contribution in [-0.4, -0.2) is 59.0 Å². The normalized spacial score (nSPS) is 15.1. The molecule has 0 spiro atoms. The molecule has 0 atom stereocenters. The van der Waals surface area contributed by atoms with Gasteiger partial charge in [-0.15, -0.1) is 0 Å². The first-order chi connectivity index (χ1) is 12.7. The van der Waals surface area contributed by atoms with Crippen LogP contribution in [0.2, 0.25) is 0 Å². The summed E-state index contributed by atoms with van der Waals surface area (Å²) in [5.41, 5.74) is -2.25. The third-order valence-electron chi connectivity index (χ3n) is 4.38. The van der Waals surface area contributed by atoms with Crippen molar-refractivity contribution in [3.8, 4) is 5.75 Å². The lowest BCUT2D eigenvalue weighted by Gasteiger charge is -2.34. The molecule has 12 heteroatoms. The Balaban J connectivity index is 2.30. The Morgan fingerprint density at radius 2 is 2.00 bits per heavy atom. The van der Waals surface area contributed by atoms with Gasteiger partial charge in [0, 0.05) is 26.2 Å². The number of piperazine rings is 1. The summed E-state index contributed by atoms with van der Waals surface area (Å²) in [6, 6.07) is 0.816. The van der Waals surface area contributed by atoms with Crippen LogP contribution in [0.4, 0.5) is 20.6 Å². The van der Waals surface area contributed by atoms with Crippen molar-refractivity contribution in [3.63, 3.8) is 0 Å². The van der Waals surface area contributed by atoms with E-state index < -0.39 is 39.1 Å². The number of halogens is 1. The first-order valence-electron chi connectivity index (χ1n) is 7.86. The molecule has 0 unspecified atom stereocenters. The fourth-order valence-corrected chi connectivity index (χ4v) is 3.10. The molecule has 27 heavy (non-hydrogen) atoms. The number of pyridine rings is 1. The topological polar surface area (TPSA) is 144 Å². The molecule has 1 aromatic heterocycles. The Kier molecular flexibility index (Phi) is 4.57. The summed E-state index contributed by atoms with van der Waals surface area (Å²) < 4.78 is 19.9. The number of aromatic nitrogens is 1. The first-order valence-corrected chi connectivity index (χ1v) is 7.86. The van der Waals surface area contributed by atoms with Crippen LogP contribution >= 0.6 is 0 Å². The molecule has 0 amide bonds. The molecule has 1 fully saturated rings. The molecule has 0 saturated carbocycles. The number of nitro benzene ring substituents is 1. The van der Waals surface area contributed by atoms with Crippen LogP contribution in [0.15, 0.2) is 17.1 Å². The number of hydrogen-bond acceptors (Lipinski definition) is 8. The van der Waals surface area contributed by atoms with Crippen molar-refractivity contribution in [1.82, 2.24) is 9.58 Å². The van der Waals surface area contributed by atoms with Gasteiger partial charge in [-0.3, -0.25) is 19.6 Å². The van der Waals surface area contributed by atoms with Gasteiger partial charge < -0.3 is 25.5 Å². The maximum absolute atomic E-state index is 14.8. The van der Waals surface area contributed by atoms with E-state index in [1.165, 1.54) is 4.90 Å². The molecule has 3 rings (SSSR count). The molecule has 2 heterocycles. The predicted molar refractivity (Wildman–Crippen MR) is 93.3 cm³/mol. The summed E-state index contributed by atoms with van der Waals surface area (Å²) in [5.74, 6) is 4.11. The molecule has 1 saturated heterocycles. The van der Waals surface area contributed by atoms with Crippen LogP contribution in [0.1, 0.15) is 0 Å². The van der Waals surface area contributed by atoms with E-state index in [1.54, 1.807) is 0 Å². The minimum absolute atomic E-state index is 0.258. The Morgan fingerprint density at radius 3 is 2.56 bits per heavy atom. The highest BCUT2D eigenvalue weighted by Crippen LogP contribution is 2.38. The molecule has 0 radical (unpaired) electrons. The van der Waals surface area contributed by atoms with E-state index in [4.69, 9.17) is 10.9 Å². The number of nitrogens with two attached hydrogens (primary N) is 1. The van der Waals surface area contributed by atoms with Crippen molar-refractivity contribution < 1.29 is 24.0 Å². The predicted octanol–water partition coefficient (Wildman–Crippen LogP) is 0.571. The minimum Gasteiger partial charge on any atom is -0.449 e. The molecule has 3 N–H and O–H groups in total. The number of rotatable bonds is 3. The van der Waals surface area contributed by atoms with Gasteiger partial charge in [0.2, 0.25) is 11.2 Å². The van der Waals surface area contributed by atoms with Crippen molar-refractivity contribution >= 4 is 28.4 Å². The number of carboxylic acid groups (broad SMARTS) is 1. The molecule has 1 aliphatic rings. The number of nitrogens with zero attached hydrogens (tertiary/aromatic N) is 4. The monoisotopic (exact) mass is 381 g/mol. The van der Waals surface area contributed by atoms with Crippen molar-refractivity contribution in [1.29, 1.82) is 0 Å². The fraction of sp³-hybridized carbons (Fsp3) is 0.333. The van der Waals surface area contributed by atoms with E-state index in [1.807, 2.05) is 11.9 Å². The summed E-state index contributed by atoms with van der Waals surface area (Å²) >= 11 is 0. The van der Waals surface area contributed by atoms with Crippen LogP contribution in [0.5, 0.6) is 5.75 Å². The summed E-state index contributed by atoms with van der Waals surface area (Å²) in [7, 11) is 1.88. The van der Waals surface area contributed by atoms with Crippen LogP contribution in [-0.2, 0) is 0 Å². The SMILES string of the molecule is CN1CCN(c2c(F)cc3c(=O)c(OC(=O)O)cn(N)c3c2[N+](=O)[O-])CC1. The standard InChI is InChI=1S/C15H16FN5O6/c1-18-2-4-19(5-3-18)12-9(16)6-8-11(13(12)21(25)26)20(17)7-10(14(8)22)27-15(23)24/h6-7H,2-5,17H2,1H3,(H,23,24). The van der Waals surface area contributed by atoms with Gasteiger partial charge in [0.15, 0.2) is 17.0 Å². The quantitative estimate of drug-likeness (QED) is 0.337. The van der Waals surface area contributed by atoms with E-state index >= 15 is 0 Å². The van der Waals surface area contributed by atoms with Crippen molar-refractivity contribution in [2.24, 2.45) is 0 Å². The number of nitro groups is 1. The molecule has 2 aromatic rings. The number of benzene rings is 1. The number of nitrogen functional groups attached to an aromatic ring is 1. The van der Waals surface area contributed by atoms with Gasteiger partial charge in [-0.1, -0.05) is 0 Å². The molecule has 144 valence electrons. The number of ether oxygens (including phenoxy) is 1. The lowest BCUT2D eigenvalue weighted by molar-refractivity contribution is -0.382. The Labute approximate surface area is 151 Å². The van der Waals surface area contributed by atoms with Gasteiger partial charge in [-0.2, -0.15) is 0 Å². The Hall–Kier alpha value is -3.41.